The fourth-order valence-corrected chi connectivity index (χ4v) is 3.23. The molecule has 2 fully saturated rings. The monoisotopic (exact) mass is 261 g/mol. The van der Waals surface area contributed by atoms with E-state index in [0.29, 0.717) is 11.8 Å². The lowest BCUT2D eigenvalue weighted by Crippen LogP contribution is -2.20. The van der Waals surface area contributed by atoms with Gasteiger partial charge < -0.3 is 0 Å². The molecular formula is C15H13F2NO. The van der Waals surface area contributed by atoms with Gasteiger partial charge in [-0.3, -0.25) is 4.79 Å². The molecule has 3 atom stereocenters. The third-order valence-corrected chi connectivity index (χ3v) is 4.28. The molecule has 0 radical (unpaired) electrons. The minimum atomic E-state index is -1.05. The van der Waals surface area contributed by atoms with E-state index in [2.05, 4.69) is 0 Å². The van der Waals surface area contributed by atoms with Crippen LogP contribution in [0.25, 0.3) is 0 Å². The van der Waals surface area contributed by atoms with Crippen molar-refractivity contribution >= 4 is 5.78 Å². The smallest absolute Gasteiger partial charge is 0.157 e. The van der Waals surface area contributed by atoms with Gasteiger partial charge in [0.15, 0.2) is 5.78 Å². The lowest BCUT2D eigenvalue weighted by Gasteiger charge is -2.15. The number of fused-ring (bicyclic) bond motifs is 1. The molecule has 0 saturated heterocycles. The fraction of sp³-hybridized carbons (Fsp3) is 0.467. The van der Waals surface area contributed by atoms with Crippen molar-refractivity contribution in [2.45, 2.75) is 25.2 Å². The van der Waals surface area contributed by atoms with E-state index < -0.39 is 17.6 Å². The van der Waals surface area contributed by atoms with E-state index in [1.165, 1.54) is 6.42 Å². The molecule has 1 aromatic carbocycles. The first-order chi connectivity index (χ1) is 9.08. The second-order valence-corrected chi connectivity index (χ2v) is 5.59. The summed E-state index contributed by atoms with van der Waals surface area (Å²) in [7, 11) is 0. The van der Waals surface area contributed by atoms with Crippen LogP contribution in [0.3, 0.4) is 0 Å². The number of carbonyl (C=O) groups excluding carboxylic acids is 1. The maximum absolute atomic E-state index is 13.2. The summed E-state index contributed by atoms with van der Waals surface area (Å²) in [5.74, 6) is -1.57. The lowest BCUT2D eigenvalue weighted by molar-refractivity contribution is -0.123. The molecule has 98 valence electrons. The van der Waals surface area contributed by atoms with E-state index in [-0.39, 0.29) is 17.3 Å². The Kier molecular flexibility index (Phi) is 2.85. The highest BCUT2D eigenvalue weighted by Crippen LogP contribution is 2.55. The van der Waals surface area contributed by atoms with Gasteiger partial charge in [-0.15, -0.1) is 0 Å². The molecule has 2 aliphatic rings. The number of Topliss-reactive ketones (excluding diaryl/α,β-unsaturated/α-hetero) is 1. The second kappa shape index (κ2) is 4.41. The van der Waals surface area contributed by atoms with Gasteiger partial charge in [-0.1, -0.05) is 0 Å². The number of ketones is 1. The van der Waals surface area contributed by atoms with E-state index in [9.17, 15) is 13.6 Å². The highest BCUT2D eigenvalue weighted by Gasteiger charge is 2.49. The Bertz CT molecular complexity index is 548. The van der Waals surface area contributed by atoms with Gasteiger partial charge in [0.2, 0.25) is 0 Å². The van der Waals surface area contributed by atoms with Crippen molar-refractivity contribution in [2.75, 3.05) is 0 Å². The minimum Gasteiger partial charge on any atom is -0.298 e. The Morgan fingerprint density at radius 1 is 1.16 bits per heavy atom. The second-order valence-electron chi connectivity index (χ2n) is 5.59. The molecule has 2 nitrogen and oxygen atoms in total. The first-order valence-corrected chi connectivity index (χ1v) is 6.48. The Balaban J connectivity index is 1.83. The highest BCUT2D eigenvalue weighted by molar-refractivity contribution is 5.90. The van der Waals surface area contributed by atoms with Crippen LogP contribution in [0.15, 0.2) is 18.2 Å². The van der Waals surface area contributed by atoms with Crippen molar-refractivity contribution in [3.05, 3.63) is 35.4 Å². The van der Waals surface area contributed by atoms with Crippen molar-refractivity contribution in [3.63, 3.8) is 0 Å². The van der Waals surface area contributed by atoms with Crippen molar-refractivity contribution in [2.24, 2.45) is 17.8 Å². The summed E-state index contributed by atoms with van der Waals surface area (Å²) < 4.78 is 26.3. The van der Waals surface area contributed by atoms with Crippen LogP contribution in [0.5, 0.6) is 0 Å². The van der Waals surface area contributed by atoms with Crippen LogP contribution in [0, 0.1) is 40.7 Å². The molecule has 0 aromatic heterocycles. The summed E-state index contributed by atoms with van der Waals surface area (Å²) in [4.78, 5) is 12.3. The van der Waals surface area contributed by atoms with Gasteiger partial charge in [-0.05, 0) is 48.8 Å². The summed E-state index contributed by atoms with van der Waals surface area (Å²) in [6, 6.07) is 4.79. The standard InChI is InChI=1S/C15H13F2NO/c16-12-4-10(5-13(17)6-12)14(7-18)15(19)11-2-8-1-9(8)3-11/h4-6,8-9,11,14H,1-3H2. The van der Waals surface area contributed by atoms with Crippen LogP contribution in [0.1, 0.15) is 30.7 Å². The SMILES string of the molecule is N#CC(C(=O)C1CC2CC2C1)c1cc(F)cc(F)c1. The van der Waals surface area contributed by atoms with Crippen LogP contribution in [0.4, 0.5) is 8.78 Å². The molecule has 0 aliphatic heterocycles. The average Bonchev–Trinajstić information content (AvgIpc) is 2.95. The van der Waals surface area contributed by atoms with Gasteiger partial charge in [0, 0.05) is 12.0 Å². The first kappa shape index (κ1) is 12.3. The molecule has 0 spiro atoms. The van der Waals surface area contributed by atoms with Crippen LogP contribution in [0.2, 0.25) is 0 Å². The van der Waals surface area contributed by atoms with Gasteiger partial charge in [0.05, 0.1) is 6.07 Å². The van der Waals surface area contributed by atoms with Gasteiger partial charge in [0.25, 0.3) is 0 Å². The van der Waals surface area contributed by atoms with Crippen LogP contribution < -0.4 is 0 Å². The van der Waals surface area contributed by atoms with Gasteiger partial charge in [-0.25, -0.2) is 8.78 Å². The van der Waals surface area contributed by atoms with Gasteiger partial charge in [0.1, 0.15) is 17.6 Å². The maximum Gasteiger partial charge on any atom is 0.157 e. The topological polar surface area (TPSA) is 40.9 Å². The third-order valence-electron chi connectivity index (χ3n) is 4.28. The Hall–Kier alpha value is -1.76. The zero-order chi connectivity index (χ0) is 13.6. The number of hydrogen-bond acceptors (Lipinski definition) is 2. The largest absolute Gasteiger partial charge is 0.298 e. The molecule has 4 heteroatoms. The summed E-state index contributed by atoms with van der Waals surface area (Å²) in [6.07, 6.45) is 2.86. The summed E-state index contributed by atoms with van der Waals surface area (Å²) in [5, 5.41) is 9.15. The minimum absolute atomic E-state index is 0.111. The van der Waals surface area contributed by atoms with Crippen molar-refractivity contribution in [3.8, 4) is 6.07 Å². The predicted molar refractivity (Wildman–Crippen MR) is 64.0 cm³/mol. The molecule has 19 heavy (non-hydrogen) atoms. The van der Waals surface area contributed by atoms with E-state index >= 15 is 0 Å². The Morgan fingerprint density at radius 2 is 1.74 bits per heavy atom. The number of benzene rings is 1. The number of rotatable bonds is 3. The summed E-state index contributed by atoms with van der Waals surface area (Å²) >= 11 is 0. The Morgan fingerprint density at radius 3 is 2.26 bits per heavy atom. The molecule has 0 bridgehead atoms. The first-order valence-electron chi connectivity index (χ1n) is 6.48. The molecule has 3 unspecified atom stereocenters. The number of nitrogens with zero attached hydrogens (tertiary/aromatic N) is 1. The maximum atomic E-state index is 13.2. The van der Waals surface area contributed by atoms with E-state index in [1.807, 2.05) is 6.07 Å². The molecule has 2 saturated carbocycles. The van der Waals surface area contributed by atoms with Crippen LogP contribution in [-0.2, 0) is 4.79 Å². The predicted octanol–water partition coefficient (Wildman–Crippen LogP) is 3.19. The number of halogens is 2. The molecule has 3 rings (SSSR count). The van der Waals surface area contributed by atoms with Crippen molar-refractivity contribution < 1.29 is 13.6 Å². The van der Waals surface area contributed by atoms with E-state index in [0.717, 1.165) is 31.0 Å². The lowest BCUT2D eigenvalue weighted by atomic mass is 9.86. The van der Waals surface area contributed by atoms with E-state index in [4.69, 9.17) is 5.26 Å². The molecule has 1 aromatic rings. The quantitative estimate of drug-likeness (QED) is 0.838. The zero-order valence-corrected chi connectivity index (χ0v) is 10.3. The number of hydrogen-bond donors (Lipinski definition) is 0. The average molecular weight is 261 g/mol. The van der Waals surface area contributed by atoms with Crippen LogP contribution in [-0.4, -0.2) is 5.78 Å². The normalized spacial score (nSPS) is 29.4. The fourth-order valence-electron chi connectivity index (χ4n) is 3.23. The summed E-state index contributed by atoms with van der Waals surface area (Å²) in [5.41, 5.74) is 0.130. The molecular weight excluding hydrogens is 248 g/mol. The third kappa shape index (κ3) is 2.25. The Labute approximate surface area is 110 Å². The van der Waals surface area contributed by atoms with Gasteiger partial charge in [-0.2, -0.15) is 5.26 Å². The van der Waals surface area contributed by atoms with Crippen LogP contribution >= 0.6 is 0 Å². The van der Waals surface area contributed by atoms with Crippen molar-refractivity contribution in [1.82, 2.24) is 0 Å². The number of carbonyl (C=O) groups is 1. The van der Waals surface area contributed by atoms with Gasteiger partial charge >= 0.3 is 0 Å². The molecule has 0 amide bonds. The van der Waals surface area contributed by atoms with Crippen molar-refractivity contribution in [1.29, 1.82) is 5.26 Å². The zero-order valence-electron chi connectivity index (χ0n) is 10.3. The highest BCUT2D eigenvalue weighted by atomic mass is 19.1. The molecule has 0 heterocycles. The summed E-state index contributed by atoms with van der Waals surface area (Å²) in [6.45, 7) is 0. The molecule has 0 N–H and O–H groups in total. The van der Waals surface area contributed by atoms with E-state index in [1.54, 1.807) is 0 Å². The molecule has 2 aliphatic carbocycles. The number of nitriles is 1.